The van der Waals surface area contributed by atoms with Crippen LogP contribution in [0.5, 0.6) is 0 Å². The zero-order chi connectivity index (χ0) is 15.5. The summed E-state index contributed by atoms with van der Waals surface area (Å²) < 4.78 is 0. The van der Waals surface area contributed by atoms with Crippen molar-refractivity contribution in [1.82, 2.24) is 4.98 Å². The molecule has 0 N–H and O–H groups in total. The molecule has 0 bridgehead atoms. The van der Waals surface area contributed by atoms with Gasteiger partial charge in [-0.05, 0) is 28.8 Å². The number of pyridine rings is 1. The number of rotatable bonds is 3. The zero-order valence-electron chi connectivity index (χ0n) is 12.8. The molecule has 0 unspecified atom stereocenters. The lowest BCUT2D eigenvalue weighted by molar-refractivity contribution is 0.979. The third-order valence-corrected chi connectivity index (χ3v) is 4.23. The molecule has 0 aliphatic carbocycles. The van der Waals surface area contributed by atoms with E-state index in [-0.39, 0.29) is 5.92 Å². The van der Waals surface area contributed by atoms with E-state index in [0.717, 1.165) is 5.52 Å². The first-order valence-corrected chi connectivity index (χ1v) is 7.86. The van der Waals surface area contributed by atoms with Gasteiger partial charge in [0.25, 0.3) is 0 Å². The van der Waals surface area contributed by atoms with Crippen LogP contribution in [-0.4, -0.2) is 4.98 Å². The van der Waals surface area contributed by atoms with E-state index in [2.05, 4.69) is 89.9 Å². The van der Waals surface area contributed by atoms with Crippen molar-refractivity contribution in [2.45, 2.75) is 5.92 Å². The molecule has 23 heavy (non-hydrogen) atoms. The van der Waals surface area contributed by atoms with Crippen LogP contribution in [0.2, 0.25) is 0 Å². The largest absolute Gasteiger partial charge is 0.256 e. The van der Waals surface area contributed by atoms with E-state index in [4.69, 9.17) is 0 Å². The second-order valence-electron chi connectivity index (χ2n) is 5.71. The molecule has 3 aromatic carbocycles. The molecule has 0 saturated carbocycles. The Labute approximate surface area is 136 Å². The van der Waals surface area contributed by atoms with Gasteiger partial charge in [0, 0.05) is 17.5 Å². The third kappa shape index (κ3) is 2.74. The van der Waals surface area contributed by atoms with E-state index >= 15 is 0 Å². The number of nitrogens with zero attached hydrogens (tertiary/aromatic N) is 1. The molecule has 0 aliphatic rings. The Morgan fingerprint density at radius 2 is 1.22 bits per heavy atom. The quantitative estimate of drug-likeness (QED) is 0.460. The topological polar surface area (TPSA) is 12.9 Å². The van der Waals surface area contributed by atoms with Crippen molar-refractivity contribution in [2.75, 3.05) is 0 Å². The summed E-state index contributed by atoms with van der Waals surface area (Å²) in [7, 11) is 0. The van der Waals surface area contributed by atoms with E-state index in [0.29, 0.717) is 0 Å². The van der Waals surface area contributed by atoms with Crippen LogP contribution in [0.4, 0.5) is 0 Å². The average Bonchev–Trinajstić information content (AvgIpc) is 2.64. The summed E-state index contributed by atoms with van der Waals surface area (Å²) in [6.45, 7) is 0. The highest BCUT2D eigenvalue weighted by molar-refractivity contribution is 5.79. The van der Waals surface area contributed by atoms with Gasteiger partial charge >= 0.3 is 0 Å². The normalized spacial score (nSPS) is 11.0. The molecular formula is C22H17N. The van der Waals surface area contributed by atoms with E-state index < -0.39 is 0 Å². The van der Waals surface area contributed by atoms with Gasteiger partial charge in [-0.15, -0.1) is 0 Å². The summed E-state index contributed by atoms with van der Waals surface area (Å²) in [5, 5.41) is 1.18. The van der Waals surface area contributed by atoms with Crippen molar-refractivity contribution in [3.05, 3.63) is 114 Å². The summed E-state index contributed by atoms with van der Waals surface area (Å²) in [5.74, 6) is 0.226. The average molecular weight is 295 g/mol. The Morgan fingerprint density at radius 3 is 1.87 bits per heavy atom. The monoisotopic (exact) mass is 295 g/mol. The maximum absolute atomic E-state index is 4.51. The Morgan fingerprint density at radius 1 is 0.565 bits per heavy atom. The molecule has 0 aliphatic heterocycles. The molecule has 1 heteroatoms. The number of aromatic nitrogens is 1. The van der Waals surface area contributed by atoms with Gasteiger partial charge in [-0.2, -0.15) is 0 Å². The number of benzene rings is 3. The van der Waals surface area contributed by atoms with Gasteiger partial charge in [0.2, 0.25) is 0 Å². The Balaban J connectivity index is 1.90. The molecule has 0 saturated heterocycles. The first kappa shape index (κ1) is 13.7. The van der Waals surface area contributed by atoms with Gasteiger partial charge in [-0.3, -0.25) is 4.98 Å². The van der Waals surface area contributed by atoms with Crippen LogP contribution in [0.3, 0.4) is 0 Å². The van der Waals surface area contributed by atoms with Crippen molar-refractivity contribution in [3.63, 3.8) is 0 Å². The summed E-state index contributed by atoms with van der Waals surface area (Å²) in [6.07, 6.45) is 1.85. The summed E-state index contributed by atoms with van der Waals surface area (Å²) in [6, 6.07) is 32.0. The van der Waals surface area contributed by atoms with Crippen molar-refractivity contribution >= 4 is 10.9 Å². The lowest BCUT2D eigenvalue weighted by atomic mass is 9.85. The Kier molecular flexibility index (Phi) is 3.61. The molecule has 0 atom stereocenters. The molecule has 4 aromatic rings. The minimum Gasteiger partial charge on any atom is -0.256 e. The van der Waals surface area contributed by atoms with Crippen LogP contribution >= 0.6 is 0 Å². The highest BCUT2D eigenvalue weighted by atomic mass is 14.6. The van der Waals surface area contributed by atoms with Gasteiger partial charge in [-0.1, -0.05) is 78.9 Å². The lowest BCUT2D eigenvalue weighted by Crippen LogP contribution is -2.03. The number of hydrogen-bond donors (Lipinski definition) is 0. The number of hydrogen-bond acceptors (Lipinski definition) is 1. The first-order chi connectivity index (χ1) is 11.4. The molecule has 1 nitrogen and oxygen atoms in total. The Bertz CT molecular complexity index is 874. The SMILES string of the molecule is c1ccc(C(c2ccccc2)c2ccc3cccnc3c2)cc1. The summed E-state index contributed by atoms with van der Waals surface area (Å²) in [5.41, 5.74) is 4.92. The van der Waals surface area contributed by atoms with E-state index in [1.165, 1.54) is 22.1 Å². The van der Waals surface area contributed by atoms with Crippen LogP contribution in [0.25, 0.3) is 10.9 Å². The predicted molar refractivity (Wildman–Crippen MR) is 95.6 cm³/mol. The van der Waals surface area contributed by atoms with Crippen LogP contribution in [0.1, 0.15) is 22.6 Å². The van der Waals surface area contributed by atoms with Crippen molar-refractivity contribution in [3.8, 4) is 0 Å². The predicted octanol–water partition coefficient (Wildman–Crippen LogP) is 5.42. The molecule has 0 amide bonds. The summed E-state index contributed by atoms with van der Waals surface area (Å²) in [4.78, 5) is 4.51. The molecule has 1 aromatic heterocycles. The fraction of sp³-hybridized carbons (Fsp3) is 0.0455. The van der Waals surface area contributed by atoms with Gasteiger partial charge in [0.15, 0.2) is 0 Å². The highest BCUT2D eigenvalue weighted by Crippen LogP contribution is 2.32. The van der Waals surface area contributed by atoms with E-state index in [1.807, 2.05) is 12.3 Å². The zero-order valence-corrected chi connectivity index (χ0v) is 12.8. The Hall–Kier alpha value is -2.93. The molecule has 0 radical (unpaired) electrons. The van der Waals surface area contributed by atoms with Gasteiger partial charge in [0.1, 0.15) is 0 Å². The van der Waals surface area contributed by atoms with E-state index in [1.54, 1.807) is 0 Å². The first-order valence-electron chi connectivity index (χ1n) is 7.86. The second-order valence-corrected chi connectivity index (χ2v) is 5.71. The summed E-state index contributed by atoms with van der Waals surface area (Å²) >= 11 is 0. The van der Waals surface area contributed by atoms with Crippen LogP contribution in [-0.2, 0) is 0 Å². The van der Waals surface area contributed by atoms with Crippen molar-refractivity contribution in [2.24, 2.45) is 0 Å². The minimum absolute atomic E-state index is 0.226. The molecule has 1 heterocycles. The fourth-order valence-corrected chi connectivity index (χ4v) is 3.13. The molecule has 4 rings (SSSR count). The van der Waals surface area contributed by atoms with Crippen LogP contribution in [0.15, 0.2) is 97.2 Å². The molecular weight excluding hydrogens is 278 g/mol. The van der Waals surface area contributed by atoms with Gasteiger partial charge in [-0.25, -0.2) is 0 Å². The van der Waals surface area contributed by atoms with Crippen molar-refractivity contribution < 1.29 is 0 Å². The highest BCUT2D eigenvalue weighted by Gasteiger charge is 2.16. The minimum atomic E-state index is 0.226. The smallest absolute Gasteiger partial charge is 0.0705 e. The molecule has 0 spiro atoms. The second kappa shape index (κ2) is 6.05. The fourth-order valence-electron chi connectivity index (χ4n) is 3.13. The van der Waals surface area contributed by atoms with Crippen LogP contribution < -0.4 is 0 Å². The van der Waals surface area contributed by atoms with E-state index in [9.17, 15) is 0 Å². The maximum Gasteiger partial charge on any atom is 0.0705 e. The van der Waals surface area contributed by atoms with Crippen LogP contribution in [0, 0.1) is 0 Å². The van der Waals surface area contributed by atoms with Gasteiger partial charge in [0.05, 0.1) is 5.52 Å². The molecule has 0 fully saturated rings. The third-order valence-electron chi connectivity index (χ3n) is 4.23. The number of fused-ring (bicyclic) bond motifs is 1. The van der Waals surface area contributed by atoms with Gasteiger partial charge < -0.3 is 0 Å². The maximum atomic E-state index is 4.51. The van der Waals surface area contributed by atoms with Crippen molar-refractivity contribution in [1.29, 1.82) is 0 Å². The lowest BCUT2D eigenvalue weighted by Gasteiger charge is -2.19. The molecule has 110 valence electrons. The standard InChI is InChI=1S/C22H17N/c1-3-8-18(9-4-1)22(19-10-5-2-6-11-19)20-14-13-17-12-7-15-23-21(17)16-20/h1-16,22H.